The molecule has 126 valence electrons. The second-order valence-electron chi connectivity index (χ2n) is 5.22. The number of aromatic hydroxyl groups is 1. The van der Waals surface area contributed by atoms with Crippen LogP contribution < -0.4 is 4.74 Å². The Kier molecular flexibility index (Phi) is 5.89. The summed E-state index contributed by atoms with van der Waals surface area (Å²) in [6.07, 6.45) is 4.73. The first kappa shape index (κ1) is 17.5. The summed E-state index contributed by atoms with van der Waals surface area (Å²) in [5.41, 5.74) is 0.692. The molecule has 5 nitrogen and oxygen atoms in total. The minimum Gasteiger partial charge on any atom is -0.506 e. The lowest BCUT2D eigenvalue weighted by Gasteiger charge is -2.07. The summed E-state index contributed by atoms with van der Waals surface area (Å²) in [7, 11) is 0. The Morgan fingerprint density at radius 2 is 2.12 bits per heavy atom. The van der Waals surface area contributed by atoms with Gasteiger partial charge < -0.3 is 14.9 Å². The number of aromatic nitrogens is 1. The van der Waals surface area contributed by atoms with Crippen molar-refractivity contribution < 1.29 is 24.1 Å². The molecule has 2 aromatic rings. The Morgan fingerprint density at radius 3 is 2.71 bits per heavy atom. The third-order valence-electron chi connectivity index (χ3n) is 3.31. The van der Waals surface area contributed by atoms with Gasteiger partial charge in [0, 0.05) is 11.6 Å². The molecule has 6 heteroatoms. The summed E-state index contributed by atoms with van der Waals surface area (Å²) >= 11 is 0. The molecule has 0 saturated heterocycles. The van der Waals surface area contributed by atoms with Gasteiger partial charge in [0.25, 0.3) is 0 Å². The van der Waals surface area contributed by atoms with E-state index >= 15 is 0 Å². The first-order valence-electron chi connectivity index (χ1n) is 7.56. The number of pyridine rings is 1. The van der Waals surface area contributed by atoms with Crippen LogP contribution in [0.4, 0.5) is 4.39 Å². The summed E-state index contributed by atoms with van der Waals surface area (Å²) in [6.45, 7) is 1.97. The molecule has 0 radical (unpaired) electrons. The smallest absolute Gasteiger partial charge is 0.331 e. The van der Waals surface area contributed by atoms with E-state index < -0.39 is 11.8 Å². The zero-order valence-corrected chi connectivity index (χ0v) is 13.2. The lowest BCUT2D eigenvalue weighted by molar-refractivity contribution is -0.132. The Hall–Kier alpha value is -2.89. The number of benzene rings is 1. The van der Waals surface area contributed by atoms with E-state index in [2.05, 4.69) is 4.98 Å². The Bertz CT molecular complexity index is 741. The average molecular weight is 331 g/mol. The molecule has 1 heterocycles. The highest BCUT2D eigenvalue weighted by atomic mass is 19.1. The molecule has 0 bridgehead atoms. The number of aliphatic carboxylic acids is 1. The molecule has 0 aliphatic rings. The van der Waals surface area contributed by atoms with Crippen LogP contribution in [0.25, 0.3) is 6.08 Å². The van der Waals surface area contributed by atoms with E-state index in [-0.39, 0.29) is 23.0 Å². The number of carbonyl (C=O) groups is 1. The monoisotopic (exact) mass is 331 g/mol. The fourth-order valence-electron chi connectivity index (χ4n) is 2.04. The van der Waals surface area contributed by atoms with Crippen molar-refractivity contribution in [1.29, 1.82) is 0 Å². The highest BCUT2D eigenvalue weighted by Gasteiger charge is 2.10. The van der Waals surface area contributed by atoms with Gasteiger partial charge in [0.2, 0.25) is 5.88 Å². The molecular weight excluding hydrogens is 313 g/mol. The average Bonchev–Trinajstić information content (AvgIpc) is 2.55. The molecule has 0 spiro atoms. The molecule has 0 fully saturated rings. The van der Waals surface area contributed by atoms with Crippen molar-refractivity contribution in [3.63, 3.8) is 0 Å². The Labute approximate surface area is 139 Å². The highest BCUT2D eigenvalue weighted by molar-refractivity contribution is 5.92. The number of rotatable bonds is 7. The summed E-state index contributed by atoms with van der Waals surface area (Å²) in [6, 6.07) is 6.99. The molecule has 2 rings (SSSR count). The number of unbranched alkanes of at least 4 members (excludes halogenated alkanes) is 1. The molecule has 0 aliphatic heterocycles. The van der Waals surface area contributed by atoms with Crippen LogP contribution in [-0.2, 0) is 4.79 Å². The van der Waals surface area contributed by atoms with E-state index in [1.54, 1.807) is 6.07 Å². The topological polar surface area (TPSA) is 79.7 Å². The fourth-order valence-corrected chi connectivity index (χ4v) is 2.04. The van der Waals surface area contributed by atoms with Crippen molar-refractivity contribution in [3.05, 3.63) is 53.5 Å². The number of hydrogen-bond donors (Lipinski definition) is 2. The molecule has 1 aromatic heterocycles. The molecule has 1 aromatic carbocycles. The predicted molar refractivity (Wildman–Crippen MR) is 87.5 cm³/mol. The maximum absolute atomic E-state index is 14.1. The molecule has 0 aliphatic carbocycles. The van der Waals surface area contributed by atoms with Gasteiger partial charge in [-0.25, -0.2) is 14.2 Å². The molecular formula is C18H18FNO4. The van der Waals surface area contributed by atoms with E-state index in [4.69, 9.17) is 9.84 Å². The predicted octanol–water partition coefficient (Wildman–Crippen LogP) is 4.38. The molecule has 0 unspecified atom stereocenters. The summed E-state index contributed by atoms with van der Waals surface area (Å²) in [5, 5.41) is 18.3. The van der Waals surface area contributed by atoms with E-state index in [0.29, 0.717) is 12.0 Å². The van der Waals surface area contributed by atoms with Crippen LogP contribution >= 0.6 is 0 Å². The Morgan fingerprint density at radius 1 is 1.33 bits per heavy atom. The third-order valence-corrected chi connectivity index (χ3v) is 3.31. The van der Waals surface area contributed by atoms with Crippen LogP contribution in [0.15, 0.2) is 42.1 Å². The summed E-state index contributed by atoms with van der Waals surface area (Å²) in [4.78, 5) is 15.0. The van der Waals surface area contributed by atoms with E-state index in [1.165, 1.54) is 36.5 Å². The van der Waals surface area contributed by atoms with Gasteiger partial charge in [-0.3, -0.25) is 0 Å². The molecule has 2 N–H and O–H groups in total. The van der Waals surface area contributed by atoms with Gasteiger partial charge >= 0.3 is 5.97 Å². The lowest BCUT2D eigenvalue weighted by Crippen LogP contribution is -2.00. The van der Waals surface area contributed by atoms with E-state index in [0.717, 1.165) is 12.8 Å². The zero-order chi connectivity index (χ0) is 17.5. The maximum Gasteiger partial charge on any atom is 0.331 e. The summed E-state index contributed by atoms with van der Waals surface area (Å²) in [5.74, 6) is -1.53. The third kappa shape index (κ3) is 4.81. The van der Waals surface area contributed by atoms with Crippen LogP contribution in [0.2, 0.25) is 0 Å². The number of halogens is 1. The molecule has 0 atom stereocenters. The van der Waals surface area contributed by atoms with Gasteiger partial charge in [0.15, 0.2) is 11.6 Å². The minimum absolute atomic E-state index is 0.0170. The fraction of sp³-hybridized carbons (Fsp3) is 0.222. The van der Waals surface area contributed by atoms with Crippen LogP contribution in [-0.4, -0.2) is 21.2 Å². The number of carboxylic acid groups (broad SMARTS) is 1. The highest BCUT2D eigenvalue weighted by Crippen LogP contribution is 2.25. The van der Waals surface area contributed by atoms with Crippen LogP contribution in [0.5, 0.6) is 17.4 Å². The SMILES string of the molecule is CCCCC(=Cc1ccc(Oc2ccc(O)cn2)c(F)c1)C(=O)O. The minimum atomic E-state index is -1.00. The van der Waals surface area contributed by atoms with Crippen molar-refractivity contribution in [2.24, 2.45) is 0 Å². The standard InChI is InChI=1S/C18H18FNO4/c1-2-3-4-13(18(22)23)9-12-5-7-16(15(19)10-12)24-17-8-6-14(21)11-20-17/h5-11,21H,2-4H2,1H3,(H,22,23). The normalized spacial score (nSPS) is 11.3. The number of ether oxygens (including phenoxy) is 1. The van der Waals surface area contributed by atoms with Gasteiger partial charge in [0.1, 0.15) is 5.75 Å². The van der Waals surface area contributed by atoms with Gasteiger partial charge in [-0.2, -0.15) is 0 Å². The van der Waals surface area contributed by atoms with Crippen molar-refractivity contribution >= 4 is 12.0 Å². The van der Waals surface area contributed by atoms with Crippen molar-refractivity contribution in [2.75, 3.05) is 0 Å². The van der Waals surface area contributed by atoms with Crippen LogP contribution in [0, 0.1) is 5.82 Å². The molecule has 0 amide bonds. The Balaban J connectivity index is 2.19. The van der Waals surface area contributed by atoms with Crippen molar-refractivity contribution in [3.8, 4) is 17.4 Å². The largest absolute Gasteiger partial charge is 0.506 e. The van der Waals surface area contributed by atoms with Gasteiger partial charge in [-0.15, -0.1) is 0 Å². The second kappa shape index (κ2) is 8.10. The van der Waals surface area contributed by atoms with Crippen molar-refractivity contribution in [2.45, 2.75) is 26.2 Å². The van der Waals surface area contributed by atoms with Gasteiger partial charge in [-0.1, -0.05) is 19.4 Å². The first-order chi connectivity index (χ1) is 11.5. The van der Waals surface area contributed by atoms with E-state index in [9.17, 15) is 14.3 Å². The summed E-state index contributed by atoms with van der Waals surface area (Å²) < 4.78 is 19.4. The lowest BCUT2D eigenvalue weighted by atomic mass is 10.1. The van der Waals surface area contributed by atoms with Crippen LogP contribution in [0.3, 0.4) is 0 Å². The second-order valence-corrected chi connectivity index (χ2v) is 5.22. The maximum atomic E-state index is 14.1. The van der Waals surface area contributed by atoms with E-state index in [1.807, 2.05) is 6.92 Å². The molecule has 0 saturated carbocycles. The van der Waals surface area contributed by atoms with Gasteiger partial charge in [0.05, 0.1) is 6.20 Å². The number of hydrogen-bond acceptors (Lipinski definition) is 4. The quantitative estimate of drug-likeness (QED) is 0.736. The van der Waals surface area contributed by atoms with Crippen molar-refractivity contribution in [1.82, 2.24) is 4.98 Å². The number of nitrogens with zero attached hydrogens (tertiary/aromatic N) is 1. The van der Waals surface area contributed by atoms with Gasteiger partial charge in [-0.05, 0) is 42.7 Å². The zero-order valence-electron chi connectivity index (χ0n) is 13.2. The first-order valence-corrected chi connectivity index (χ1v) is 7.56. The number of carboxylic acids is 1. The van der Waals surface area contributed by atoms with Crippen LogP contribution in [0.1, 0.15) is 31.7 Å². The molecule has 24 heavy (non-hydrogen) atoms.